The van der Waals surface area contributed by atoms with Crippen LogP contribution < -0.4 is 5.32 Å². The van der Waals surface area contributed by atoms with E-state index >= 15 is 0 Å². The van der Waals surface area contributed by atoms with Gasteiger partial charge >= 0.3 is 26.8 Å². The van der Waals surface area contributed by atoms with Crippen molar-refractivity contribution in [3.8, 4) is 0 Å². The number of hydrogen-bond donors (Lipinski definition) is 12. The van der Waals surface area contributed by atoms with Gasteiger partial charge in [0.05, 0.1) is 18.8 Å². The maximum atomic E-state index is 12.1. The first-order valence-corrected chi connectivity index (χ1v) is 18.8. The number of carbonyl (C=O) groups is 2. The number of ether oxygens (including phenoxy) is 7. The molecular formula is C26H43NO26S2. The SMILES string of the molecule is CC(=O)N[C@H]1C(O)O[C@H](CO)[C@H](O)[C@@H]1O[C@@H]1O[C@H](C(=O)O)[C@@H](O)[C@H](O[C@@H]2O[C@@H](C)[C@@H](O[C@@H]3O[C@@H](C)[C@@H](O)[C@@H](OS(=O)(=O)O)[C@@H]3O)[C@@H](OS(=O)(=O)O)[C@@H]2O)[C@H]1O. The number of hydrogen-bond acceptors (Lipinski definition) is 23. The predicted molar refractivity (Wildman–Crippen MR) is 164 cm³/mol. The maximum absolute atomic E-state index is 12.1. The average molecular weight is 850 g/mol. The van der Waals surface area contributed by atoms with E-state index in [-0.39, 0.29) is 0 Å². The molecule has 0 saturated carbocycles. The monoisotopic (exact) mass is 849 g/mol. The minimum Gasteiger partial charge on any atom is -0.479 e. The Hall–Kier alpha value is -1.92. The quantitative estimate of drug-likeness (QED) is 0.0766. The second kappa shape index (κ2) is 17.9. The molecule has 4 aliphatic rings. The molecule has 27 nitrogen and oxygen atoms in total. The van der Waals surface area contributed by atoms with Crippen LogP contribution >= 0.6 is 0 Å². The largest absolute Gasteiger partial charge is 0.479 e. The summed E-state index contributed by atoms with van der Waals surface area (Å²) in [5.41, 5.74) is 0. The molecule has 55 heavy (non-hydrogen) atoms. The third-order valence-corrected chi connectivity index (χ3v) is 9.83. The highest BCUT2D eigenvalue weighted by molar-refractivity contribution is 7.81. The Kier molecular flexibility index (Phi) is 14.9. The summed E-state index contributed by atoms with van der Waals surface area (Å²) < 4.78 is 112. The lowest BCUT2D eigenvalue weighted by Gasteiger charge is -2.49. The molecule has 12 N–H and O–H groups in total. The van der Waals surface area contributed by atoms with Crippen LogP contribution in [0.3, 0.4) is 0 Å². The van der Waals surface area contributed by atoms with Gasteiger partial charge < -0.3 is 84.4 Å². The first kappa shape index (κ1) is 45.8. The van der Waals surface area contributed by atoms with E-state index in [4.69, 9.17) is 37.7 Å². The number of nitrogens with one attached hydrogen (secondary N) is 1. The van der Waals surface area contributed by atoms with Crippen molar-refractivity contribution < 1.29 is 123 Å². The second-order valence-electron chi connectivity index (χ2n) is 12.9. The lowest BCUT2D eigenvalue weighted by atomic mass is 9.95. The Morgan fingerprint density at radius 3 is 1.62 bits per heavy atom. The van der Waals surface area contributed by atoms with Gasteiger partial charge in [-0.25, -0.2) is 13.2 Å². The van der Waals surface area contributed by atoms with Crippen molar-refractivity contribution in [3.05, 3.63) is 0 Å². The van der Waals surface area contributed by atoms with E-state index in [1.165, 1.54) is 0 Å². The van der Waals surface area contributed by atoms with Crippen LogP contribution in [0.15, 0.2) is 0 Å². The van der Waals surface area contributed by atoms with E-state index in [0.717, 1.165) is 20.8 Å². The van der Waals surface area contributed by atoms with Crippen LogP contribution in [0, 0.1) is 0 Å². The Labute approximate surface area is 311 Å². The van der Waals surface area contributed by atoms with Crippen LogP contribution in [0.25, 0.3) is 0 Å². The van der Waals surface area contributed by atoms with Crippen LogP contribution in [0.2, 0.25) is 0 Å². The molecule has 0 aliphatic carbocycles. The van der Waals surface area contributed by atoms with Crippen molar-refractivity contribution >= 4 is 32.7 Å². The summed E-state index contributed by atoms with van der Waals surface area (Å²) in [6.07, 6.45) is -38.9. The highest BCUT2D eigenvalue weighted by Crippen LogP contribution is 2.36. The van der Waals surface area contributed by atoms with Crippen molar-refractivity contribution in [2.45, 2.75) is 144 Å². The number of aliphatic hydroxyl groups is 8. The van der Waals surface area contributed by atoms with E-state index in [0.29, 0.717) is 0 Å². The summed E-state index contributed by atoms with van der Waals surface area (Å²) in [4.78, 5) is 23.9. The van der Waals surface area contributed by atoms with Crippen LogP contribution in [0.5, 0.6) is 0 Å². The topological polar surface area (TPSA) is 420 Å². The summed E-state index contributed by atoms with van der Waals surface area (Å²) in [5.74, 6) is -2.67. The Balaban J connectivity index is 1.61. The lowest BCUT2D eigenvalue weighted by molar-refractivity contribution is -0.377. The van der Waals surface area contributed by atoms with E-state index in [1.54, 1.807) is 0 Å². The van der Waals surface area contributed by atoms with Crippen molar-refractivity contribution in [2.75, 3.05) is 6.61 Å². The molecule has 29 heteroatoms. The van der Waals surface area contributed by atoms with Crippen LogP contribution in [-0.4, -0.2) is 213 Å². The van der Waals surface area contributed by atoms with Gasteiger partial charge in [-0.05, 0) is 13.8 Å². The highest BCUT2D eigenvalue weighted by atomic mass is 32.3. The van der Waals surface area contributed by atoms with E-state index in [2.05, 4.69) is 13.7 Å². The summed E-state index contributed by atoms with van der Waals surface area (Å²) >= 11 is 0. The smallest absolute Gasteiger partial charge is 0.397 e. The van der Waals surface area contributed by atoms with E-state index in [9.17, 15) is 76.9 Å². The Bertz CT molecular complexity index is 1550. The average Bonchev–Trinajstić information content (AvgIpc) is 3.06. The van der Waals surface area contributed by atoms with Gasteiger partial charge in [-0.3, -0.25) is 13.9 Å². The summed E-state index contributed by atoms with van der Waals surface area (Å²) in [6, 6.07) is -1.63. The molecule has 1 amide bonds. The van der Waals surface area contributed by atoms with Gasteiger partial charge in [-0.1, -0.05) is 0 Å². The predicted octanol–water partition coefficient (Wildman–Crippen LogP) is -7.80. The molecule has 4 aliphatic heterocycles. The second-order valence-corrected chi connectivity index (χ2v) is 15.0. The number of carbonyl (C=O) groups excluding carboxylic acids is 1. The molecule has 4 fully saturated rings. The normalized spacial score (nSPS) is 45.8. The molecule has 4 rings (SSSR count). The number of carboxylic acid groups (broad SMARTS) is 1. The number of rotatable bonds is 13. The van der Waals surface area contributed by atoms with Gasteiger partial charge in [0.1, 0.15) is 79.3 Å². The Morgan fingerprint density at radius 1 is 0.618 bits per heavy atom. The fourth-order valence-electron chi connectivity index (χ4n) is 6.31. The van der Waals surface area contributed by atoms with E-state index < -0.39 is 162 Å². The number of amides is 1. The van der Waals surface area contributed by atoms with Crippen molar-refractivity contribution in [3.63, 3.8) is 0 Å². The molecular weight excluding hydrogens is 806 g/mol. The van der Waals surface area contributed by atoms with Crippen molar-refractivity contribution in [1.29, 1.82) is 0 Å². The van der Waals surface area contributed by atoms with Gasteiger partial charge in [0.2, 0.25) is 5.91 Å². The zero-order chi connectivity index (χ0) is 41.5. The van der Waals surface area contributed by atoms with Gasteiger partial charge in [-0.2, -0.15) is 16.8 Å². The minimum absolute atomic E-state index is 0.787. The molecule has 0 aromatic heterocycles. The molecule has 0 aromatic rings. The van der Waals surface area contributed by atoms with Gasteiger partial charge in [0, 0.05) is 6.92 Å². The molecule has 0 aromatic carbocycles. The molecule has 1 unspecified atom stereocenters. The minimum atomic E-state index is -5.53. The zero-order valence-corrected chi connectivity index (χ0v) is 30.2. The molecule has 4 heterocycles. The zero-order valence-electron chi connectivity index (χ0n) is 28.6. The standard InChI is InChI=1S/C26H43NO26S2/c1-5-10(30)19(52-54(39,40)41)14(34)24(45-5)48-16-6(2)46-25(15(35)20(16)53-55(42,43)44)50-18-12(32)21(22(36)37)51-26(13(18)33)49-17-9(27-7(3)29)23(38)47-8(4-28)11(17)31/h5-6,8-21,23-26,28,30-35,38H,4H2,1-3H3,(H,27,29)(H,36,37)(H,39,40,41)(H,42,43,44)/t5-,6-,8+,9+,10+,11-,12-,13+,14-,15-,16+,17+,18-,19+,20-,21-,23?,24-,25-,26+/m0/s1. The maximum Gasteiger partial charge on any atom is 0.397 e. The van der Waals surface area contributed by atoms with Crippen LogP contribution in [-0.2, 0) is 71.9 Å². The lowest BCUT2D eigenvalue weighted by Crippen LogP contribution is -2.69. The summed E-state index contributed by atoms with van der Waals surface area (Å²) in [6.45, 7) is 2.36. The molecule has 0 bridgehead atoms. The third kappa shape index (κ3) is 10.8. The first-order valence-electron chi connectivity index (χ1n) is 16.1. The van der Waals surface area contributed by atoms with Gasteiger partial charge in [-0.15, -0.1) is 0 Å². The highest BCUT2D eigenvalue weighted by Gasteiger charge is 2.57. The molecule has 0 spiro atoms. The summed E-state index contributed by atoms with van der Waals surface area (Å²) in [7, 11) is -10.8. The Morgan fingerprint density at radius 2 is 1.09 bits per heavy atom. The van der Waals surface area contributed by atoms with Gasteiger partial charge in [0.25, 0.3) is 0 Å². The van der Waals surface area contributed by atoms with Crippen molar-refractivity contribution in [2.24, 2.45) is 0 Å². The molecule has 20 atom stereocenters. The van der Waals surface area contributed by atoms with Crippen molar-refractivity contribution in [1.82, 2.24) is 5.32 Å². The number of aliphatic hydroxyl groups excluding tert-OH is 8. The van der Waals surface area contributed by atoms with E-state index in [1.807, 2.05) is 0 Å². The first-order chi connectivity index (χ1) is 25.3. The fraction of sp³-hybridized carbons (Fsp3) is 0.923. The molecule has 0 radical (unpaired) electrons. The van der Waals surface area contributed by atoms with Crippen LogP contribution in [0.1, 0.15) is 20.8 Å². The third-order valence-electron chi connectivity index (χ3n) is 8.90. The number of carboxylic acids is 1. The molecule has 320 valence electrons. The summed E-state index contributed by atoms with van der Waals surface area (Å²) in [5, 5.41) is 97.2. The number of aliphatic carboxylic acids is 1. The fourth-order valence-corrected chi connectivity index (χ4v) is 7.33. The van der Waals surface area contributed by atoms with Gasteiger partial charge in [0.15, 0.2) is 31.3 Å². The molecule has 4 saturated heterocycles. The van der Waals surface area contributed by atoms with Crippen LogP contribution in [0.4, 0.5) is 0 Å².